The van der Waals surface area contributed by atoms with Crippen molar-refractivity contribution in [1.82, 2.24) is 4.98 Å². The summed E-state index contributed by atoms with van der Waals surface area (Å²) in [7, 11) is 0. The van der Waals surface area contributed by atoms with Gasteiger partial charge in [-0.25, -0.2) is 0 Å². The van der Waals surface area contributed by atoms with E-state index in [0.29, 0.717) is 28.4 Å². The third-order valence-corrected chi connectivity index (χ3v) is 4.53. The predicted molar refractivity (Wildman–Crippen MR) is 109 cm³/mol. The zero-order chi connectivity index (χ0) is 20.4. The molecule has 2 heterocycles. The number of rotatable bonds is 4. The Morgan fingerprint density at radius 3 is 2.59 bits per heavy atom. The van der Waals surface area contributed by atoms with Crippen LogP contribution in [0.2, 0.25) is 0 Å². The number of benzene rings is 2. The number of hydrogen-bond donors (Lipinski definition) is 2. The minimum absolute atomic E-state index is 0.157. The second kappa shape index (κ2) is 7.63. The summed E-state index contributed by atoms with van der Waals surface area (Å²) >= 11 is 0. The maximum atomic E-state index is 12.6. The highest BCUT2D eigenvalue weighted by atomic mass is 16.7. The molecule has 0 saturated heterocycles. The van der Waals surface area contributed by atoms with Gasteiger partial charge in [-0.3, -0.25) is 14.6 Å². The van der Waals surface area contributed by atoms with Crippen LogP contribution in [0.4, 0.5) is 11.4 Å². The maximum Gasteiger partial charge on any atom is 0.274 e. The normalized spacial score (nSPS) is 11.8. The van der Waals surface area contributed by atoms with Crippen molar-refractivity contribution in [3.8, 4) is 11.5 Å². The molecule has 0 radical (unpaired) electrons. The lowest BCUT2D eigenvalue weighted by molar-refractivity contribution is 0.102. The molecular weight excluding hydrogens is 370 g/mol. The van der Waals surface area contributed by atoms with Crippen LogP contribution in [0.15, 0.2) is 54.7 Å². The molecule has 0 atom stereocenters. The fraction of sp³-hybridized carbons (Fsp3) is 0.136. The molecule has 146 valence electrons. The molecule has 2 aromatic carbocycles. The first-order valence-electron chi connectivity index (χ1n) is 9.05. The first-order valence-corrected chi connectivity index (χ1v) is 9.05. The number of anilines is 2. The van der Waals surface area contributed by atoms with Crippen molar-refractivity contribution >= 4 is 23.2 Å². The molecule has 0 fully saturated rings. The van der Waals surface area contributed by atoms with Crippen LogP contribution in [-0.4, -0.2) is 23.6 Å². The molecule has 3 aromatic rings. The molecule has 0 unspecified atom stereocenters. The van der Waals surface area contributed by atoms with Crippen LogP contribution in [0, 0.1) is 13.8 Å². The predicted octanol–water partition coefficient (Wildman–Crippen LogP) is 3.93. The van der Waals surface area contributed by atoms with Crippen LogP contribution in [0.3, 0.4) is 0 Å². The summed E-state index contributed by atoms with van der Waals surface area (Å²) in [6.07, 6.45) is 1.44. The molecule has 0 aliphatic carbocycles. The number of aromatic nitrogens is 1. The minimum atomic E-state index is -0.378. The smallest absolute Gasteiger partial charge is 0.274 e. The Morgan fingerprint density at radius 2 is 1.72 bits per heavy atom. The second-order valence-electron chi connectivity index (χ2n) is 6.72. The van der Waals surface area contributed by atoms with Crippen molar-refractivity contribution in [2.75, 3.05) is 17.4 Å². The van der Waals surface area contributed by atoms with E-state index in [1.54, 1.807) is 24.3 Å². The van der Waals surface area contributed by atoms with Crippen LogP contribution >= 0.6 is 0 Å². The quantitative estimate of drug-likeness (QED) is 0.706. The number of carbonyl (C=O) groups is 2. The highest BCUT2D eigenvalue weighted by Crippen LogP contribution is 2.34. The van der Waals surface area contributed by atoms with E-state index in [-0.39, 0.29) is 24.3 Å². The van der Waals surface area contributed by atoms with Gasteiger partial charge in [0.25, 0.3) is 11.8 Å². The van der Waals surface area contributed by atoms with Gasteiger partial charge in [-0.1, -0.05) is 12.1 Å². The SMILES string of the molecule is Cc1ccc(C)c(NC(=O)c2cc(C(=O)Nc3ccc4c(c3)OCO4)ccn2)c1. The van der Waals surface area contributed by atoms with E-state index >= 15 is 0 Å². The molecule has 4 rings (SSSR count). The van der Waals surface area contributed by atoms with Crippen molar-refractivity contribution < 1.29 is 19.1 Å². The molecule has 1 aromatic heterocycles. The zero-order valence-electron chi connectivity index (χ0n) is 16.0. The van der Waals surface area contributed by atoms with E-state index in [2.05, 4.69) is 15.6 Å². The summed E-state index contributed by atoms with van der Waals surface area (Å²) in [5, 5.41) is 5.63. The van der Waals surface area contributed by atoms with Crippen molar-refractivity contribution in [2.45, 2.75) is 13.8 Å². The lowest BCUT2D eigenvalue weighted by Gasteiger charge is -2.10. The molecule has 2 amide bonds. The number of ether oxygens (including phenoxy) is 2. The van der Waals surface area contributed by atoms with Crippen LogP contribution < -0.4 is 20.1 Å². The standard InChI is InChI=1S/C22H19N3O4/c1-13-3-4-14(2)17(9-13)25-22(27)18-10-15(7-8-23-18)21(26)24-16-5-6-19-20(11-16)29-12-28-19/h3-11H,12H2,1-2H3,(H,24,26)(H,25,27). The Hall–Kier alpha value is -3.87. The molecule has 0 spiro atoms. The summed E-state index contributed by atoms with van der Waals surface area (Å²) in [6, 6.07) is 14.0. The fourth-order valence-electron chi connectivity index (χ4n) is 2.93. The first-order chi connectivity index (χ1) is 14.0. The average Bonchev–Trinajstić information content (AvgIpc) is 3.18. The van der Waals surface area contributed by atoms with Gasteiger partial charge in [0.15, 0.2) is 11.5 Å². The third-order valence-electron chi connectivity index (χ3n) is 4.53. The molecule has 1 aliphatic rings. The largest absolute Gasteiger partial charge is 0.454 e. The van der Waals surface area contributed by atoms with E-state index in [1.807, 2.05) is 32.0 Å². The van der Waals surface area contributed by atoms with E-state index < -0.39 is 0 Å². The summed E-state index contributed by atoms with van der Waals surface area (Å²) in [5.41, 5.74) is 3.74. The number of pyridine rings is 1. The summed E-state index contributed by atoms with van der Waals surface area (Å²) in [4.78, 5) is 29.3. The Kier molecular flexibility index (Phi) is 4.87. The number of amides is 2. The number of fused-ring (bicyclic) bond motifs is 1. The summed E-state index contributed by atoms with van der Waals surface area (Å²) in [5.74, 6) is 0.479. The topological polar surface area (TPSA) is 89.6 Å². The van der Waals surface area contributed by atoms with Gasteiger partial charge in [-0.15, -0.1) is 0 Å². The molecule has 7 nitrogen and oxygen atoms in total. The van der Waals surface area contributed by atoms with Crippen molar-refractivity contribution in [1.29, 1.82) is 0 Å². The van der Waals surface area contributed by atoms with Gasteiger partial charge in [0.05, 0.1) is 0 Å². The second-order valence-corrected chi connectivity index (χ2v) is 6.72. The molecule has 1 aliphatic heterocycles. The maximum absolute atomic E-state index is 12.6. The lowest BCUT2D eigenvalue weighted by atomic mass is 10.1. The molecule has 29 heavy (non-hydrogen) atoms. The fourth-order valence-corrected chi connectivity index (χ4v) is 2.93. The third kappa shape index (κ3) is 4.03. The van der Waals surface area contributed by atoms with Gasteiger partial charge in [0, 0.05) is 29.2 Å². The Balaban J connectivity index is 1.49. The Bertz CT molecular complexity index is 1110. The van der Waals surface area contributed by atoms with E-state index in [4.69, 9.17) is 9.47 Å². The highest BCUT2D eigenvalue weighted by Gasteiger charge is 2.16. The van der Waals surface area contributed by atoms with Crippen LogP contribution in [0.5, 0.6) is 11.5 Å². The molecule has 0 bridgehead atoms. The van der Waals surface area contributed by atoms with Gasteiger partial charge in [-0.05, 0) is 55.3 Å². The Labute approximate surface area is 167 Å². The van der Waals surface area contributed by atoms with E-state index in [1.165, 1.54) is 12.3 Å². The number of nitrogens with one attached hydrogen (secondary N) is 2. The van der Waals surface area contributed by atoms with Crippen molar-refractivity contribution in [3.05, 3.63) is 77.1 Å². The van der Waals surface area contributed by atoms with Crippen LogP contribution in [-0.2, 0) is 0 Å². The zero-order valence-corrected chi connectivity index (χ0v) is 16.0. The average molecular weight is 389 g/mol. The van der Waals surface area contributed by atoms with E-state index in [9.17, 15) is 9.59 Å². The van der Waals surface area contributed by atoms with Gasteiger partial charge < -0.3 is 20.1 Å². The highest BCUT2D eigenvalue weighted by molar-refractivity contribution is 6.08. The van der Waals surface area contributed by atoms with Gasteiger partial charge in [0.1, 0.15) is 5.69 Å². The lowest BCUT2D eigenvalue weighted by Crippen LogP contribution is -2.17. The molecule has 2 N–H and O–H groups in total. The summed E-state index contributed by atoms with van der Waals surface area (Å²) < 4.78 is 10.6. The molecule has 0 saturated carbocycles. The molecule has 7 heteroatoms. The van der Waals surface area contributed by atoms with Crippen LogP contribution in [0.25, 0.3) is 0 Å². The minimum Gasteiger partial charge on any atom is -0.454 e. The van der Waals surface area contributed by atoms with Gasteiger partial charge >= 0.3 is 0 Å². The monoisotopic (exact) mass is 389 g/mol. The summed E-state index contributed by atoms with van der Waals surface area (Å²) in [6.45, 7) is 4.03. The number of hydrogen-bond acceptors (Lipinski definition) is 5. The van der Waals surface area contributed by atoms with Crippen molar-refractivity contribution in [3.63, 3.8) is 0 Å². The van der Waals surface area contributed by atoms with Crippen molar-refractivity contribution in [2.24, 2.45) is 0 Å². The number of aryl methyl sites for hydroxylation is 2. The Morgan fingerprint density at radius 1 is 0.897 bits per heavy atom. The first kappa shape index (κ1) is 18.5. The van der Waals surface area contributed by atoms with Crippen LogP contribution in [0.1, 0.15) is 32.0 Å². The molecular formula is C22H19N3O4. The number of nitrogens with zero attached hydrogens (tertiary/aromatic N) is 1. The van der Waals surface area contributed by atoms with Gasteiger partial charge in [0.2, 0.25) is 6.79 Å². The van der Waals surface area contributed by atoms with Gasteiger partial charge in [-0.2, -0.15) is 0 Å². The van der Waals surface area contributed by atoms with E-state index in [0.717, 1.165) is 11.1 Å². The number of carbonyl (C=O) groups excluding carboxylic acids is 2.